The number of aliphatic imine (C=N–C) groups is 2. The summed E-state index contributed by atoms with van der Waals surface area (Å²) >= 11 is 0. The Balaban J connectivity index is 0.000000460. The molecule has 4 aromatic rings. The van der Waals surface area contributed by atoms with Crippen LogP contribution in [0.1, 0.15) is 154 Å². The molecule has 4 rings (SSSR count). The van der Waals surface area contributed by atoms with Crippen molar-refractivity contribution in [3.63, 3.8) is 0 Å². The van der Waals surface area contributed by atoms with Gasteiger partial charge in [-0.3, -0.25) is 9.98 Å². The number of nitrogens with zero attached hydrogens (tertiary/aromatic N) is 2. The van der Waals surface area contributed by atoms with E-state index in [9.17, 15) is 40.2 Å². The number of hydrogen-bond donors (Lipinski definition) is 4. The van der Waals surface area contributed by atoms with E-state index in [1.807, 2.05) is 36.4 Å². The fourth-order valence-electron chi connectivity index (χ4n) is 6.50. The quantitative estimate of drug-likeness (QED) is 0.0292. The molecule has 0 amide bonds. The first-order valence-electron chi connectivity index (χ1n) is 21.1. The van der Waals surface area contributed by atoms with Gasteiger partial charge in [-0.25, -0.2) is 0 Å². The summed E-state index contributed by atoms with van der Waals surface area (Å²) < 4.78 is 0. The summed E-state index contributed by atoms with van der Waals surface area (Å²) in [5.74, 6) is -4.95. The zero-order valence-corrected chi connectivity index (χ0v) is 37.7. The monoisotopic (exact) mass is 914 g/mol. The molecule has 0 radical (unpaired) electrons. The number of hydrogen-bond acceptors (Lipinski definition) is 10. The maximum absolute atomic E-state index is 10.9. The Morgan fingerprint density at radius 1 is 0.517 bits per heavy atom. The van der Waals surface area contributed by atoms with Crippen molar-refractivity contribution in [2.45, 2.75) is 138 Å². The Morgan fingerprint density at radius 3 is 1.18 bits per heavy atom. The van der Waals surface area contributed by atoms with Gasteiger partial charge in [0.05, 0.1) is 34.7 Å². The predicted molar refractivity (Wildman–Crippen MR) is 235 cm³/mol. The molecule has 0 heterocycles. The van der Waals surface area contributed by atoms with Gasteiger partial charge in [-0.05, 0) is 124 Å². The van der Waals surface area contributed by atoms with Crippen LogP contribution in [0.5, 0.6) is 23.0 Å². The van der Waals surface area contributed by atoms with Gasteiger partial charge in [0, 0.05) is 11.1 Å². The van der Waals surface area contributed by atoms with E-state index in [1.54, 1.807) is 13.8 Å². The third-order valence-corrected chi connectivity index (χ3v) is 9.96. The van der Waals surface area contributed by atoms with Gasteiger partial charge >= 0.3 is 20.4 Å². The van der Waals surface area contributed by atoms with Gasteiger partial charge in [-0.1, -0.05) is 109 Å². The van der Waals surface area contributed by atoms with Crippen LogP contribution in [0.3, 0.4) is 0 Å². The van der Waals surface area contributed by atoms with Gasteiger partial charge in [0.2, 0.25) is 0 Å². The molecule has 4 aromatic carbocycles. The summed E-state index contributed by atoms with van der Waals surface area (Å²) in [6, 6.07) is 23.4. The molecular weight excluding hydrogens is 851 g/mol. The fraction of sp³-hybridized carbons (Fsp3) is 0.429. The number of aryl methyl sites for hydroxylation is 2. The van der Waals surface area contributed by atoms with Crippen molar-refractivity contribution in [1.82, 2.24) is 0 Å². The normalized spacial score (nSPS) is 11.1. The minimum atomic E-state index is -1.47. The first-order valence-corrected chi connectivity index (χ1v) is 21.1. The predicted octanol–water partition coefficient (Wildman–Crippen LogP) is 10.3. The van der Waals surface area contributed by atoms with Crippen LogP contribution in [0.25, 0.3) is 0 Å². The molecule has 0 aliphatic rings. The largest absolute Gasteiger partial charge is 2.00 e. The summed E-state index contributed by atoms with van der Waals surface area (Å²) in [5.41, 5.74) is 6.14. The first kappa shape index (κ1) is 53.0. The first-order chi connectivity index (χ1) is 28.3. The molecule has 328 valence electrons. The maximum Gasteiger partial charge on any atom is 2.00 e. The Kier molecular flexibility index (Phi) is 25.9. The van der Waals surface area contributed by atoms with E-state index in [4.69, 9.17) is 9.98 Å². The number of aromatic hydroxyl groups is 4. The SMILES string of the molecule is CCCCCC(=Nc1ccccc1)C(CCCC)=Nc1ccccc1.CCCCCc1cc(O)c(O)c(C(=O)[O-])c1C.CCCCCc1cc(O)c(O)c(C(=O)[O-])c1C.[Pd+2]. The molecule has 10 nitrogen and oxygen atoms in total. The summed E-state index contributed by atoms with van der Waals surface area (Å²) in [6.07, 6.45) is 15.4. The number of phenols is 4. The third kappa shape index (κ3) is 17.7. The van der Waals surface area contributed by atoms with Crippen LogP contribution in [-0.4, -0.2) is 43.8 Å². The van der Waals surface area contributed by atoms with Crippen molar-refractivity contribution >= 4 is 34.7 Å². The third-order valence-electron chi connectivity index (χ3n) is 9.96. The fourth-order valence-corrected chi connectivity index (χ4v) is 6.50. The van der Waals surface area contributed by atoms with Gasteiger partial charge < -0.3 is 40.2 Å². The van der Waals surface area contributed by atoms with Gasteiger partial charge in [-0.2, -0.15) is 0 Å². The maximum atomic E-state index is 10.9. The molecule has 0 atom stereocenters. The zero-order valence-electron chi connectivity index (χ0n) is 36.2. The smallest absolute Gasteiger partial charge is 0.545 e. The van der Waals surface area contributed by atoms with Gasteiger partial charge in [0.25, 0.3) is 0 Å². The van der Waals surface area contributed by atoms with Crippen LogP contribution in [0.4, 0.5) is 11.4 Å². The number of para-hydroxylation sites is 2. The second-order valence-electron chi connectivity index (χ2n) is 14.6. The zero-order chi connectivity index (χ0) is 43.7. The molecular formula is C49H64N2O8Pd. The van der Waals surface area contributed by atoms with Crippen molar-refractivity contribution in [2.24, 2.45) is 9.98 Å². The van der Waals surface area contributed by atoms with Gasteiger partial charge in [0.15, 0.2) is 23.0 Å². The Hall–Kier alpha value is -4.98. The van der Waals surface area contributed by atoms with E-state index in [0.717, 1.165) is 91.7 Å². The molecule has 0 bridgehead atoms. The van der Waals surface area contributed by atoms with Crippen molar-refractivity contribution < 1.29 is 60.7 Å². The minimum Gasteiger partial charge on any atom is -0.545 e. The van der Waals surface area contributed by atoms with Crippen LogP contribution < -0.4 is 10.2 Å². The standard InChI is InChI=1S/C23H30N2.2C13H18O4.Pd/c1-3-5-9-19-23(25-21-16-12-8-13-17-21)22(18-6-4-2)24-20-14-10-7-11-15-20;2*1-3-4-5-6-9-7-10(14)12(15)11(8(9)2)13(16)17;/h7-8,10-17H,3-6,9,18-19H2,1-2H3;2*7,14-15H,3-6H2,1-2H3,(H,16,17);/q;;;+2/p-2. The molecule has 11 heteroatoms. The average Bonchev–Trinajstić information content (AvgIpc) is 3.21. The second kappa shape index (κ2) is 29.3. The van der Waals surface area contributed by atoms with E-state index in [1.165, 1.54) is 37.8 Å². The molecule has 0 saturated carbocycles. The molecule has 0 spiro atoms. The number of rotatable bonds is 20. The van der Waals surface area contributed by atoms with E-state index >= 15 is 0 Å². The number of carbonyl (C=O) groups is 2. The topological polar surface area (TPSA) is 186 Å². The van der Waals surface area contributed by atoms with Gasteiger partial charge in [0.1, 0.15) is 0 Å². The molecule has 4 N–H and O–H groups in total. The molecule has 0 aliphatic carbocycles. The number of aromatic carboxylic acids is 2. The van der Waals surface area contributed by atoms with Crippen molar-refractivity contribution in [1.29, 1.82) is 0 Å². The average molecular weight is 915 g/mol. The molecule has 0 fully saturated rings. The van der Waals surface area contributed by atoms with Crippen LogP contribution in [-0.2, 0) is 33.3 Å². The number of carbonyl (C=O) groups excluding carboxylic acids is 2. The van der Waals surface area contributed by atoms with Gasteiger partial charge in [-0.15, -0.1) is 0 Å². The summed E-state index contributed by atoms with van der Waals surface area (Å²) in [6.45, 7) is 11.9. The van der Waals surface area contributed by atoms with Crippen molar-refractivity contribution in [3.05, 3.63) is 106 Å². The molecule has 0 unspecified atom stereocenters. The van der Waals surface area contributed by atoms with Crippen molar-refractivity contribution in [3.8, 4) is 23.0 Å². The van der Waals surface area contributed by atoms with Crippen LogP contribution in [0.2, 0.25) is 0 Å². The van der Waals surface area contributed by atoms with E-state index in [-0.39, 0.29) is 31.5 Å². The number of phenolic OH excluding ortho intramolecular Hbond substituents is 2. The number of benzene rings is 4. The van der Waals surface area contributed by atoms with E-state index in [0.29, 0.717) is 24.0 Å². The van der Waals surface area contributed by atoms with Crippen LogP contribution in [0.15, 0.2) is 82.8 Å². The van der Waals surface area contributed by atoms with Crippen LogP contribution in [0, 0.1) is 13.8 Å². The Labute approximate surface area is 370 Å². The van der Waals surface area contributed by atoms with E-state index in [2.05, 4.69) is 52.0 Å². The summed E-state index contributed by atoms with van der Waals surface area (Å²) in [4.78, 5) is 31.7. The molecule has 60 heavy (non-hydrogen) atoms. The molecule has 0 aliphatic heterocycles. The Bertz CT molecular complexity index is 1880. The van der Waals surface area contributed by atoms with Crippen LogP contribution >= 0.6 is 0 Å². The number of unbranched alkanes of at least 4 members (excludes halogenated alkanes) is 7. The molecule has 0 aromatic heterocycles. The number of carboxylic acid groups (broad SMARTS) is 2. The summed E-state index contributed by atoms with van der Waals surface area (Å²) in [7, 11) is 0. The van der Waals surface area contributed by atoms with E-state index < -0.39 is 34.9 Å². The Morgan fingerprint density at radius 2 is 0.850 bits per heavy atom. The number of carboxylic acids is 2. The summed E-state index contributed by atoms with van der Waals surface area (Å²) in [5, 5.41) is 59.7. The molecule has 0 saturated heterocycles. The van der Waals surface area contributed by atoms with Crippen molar-refractivity contribution in [2.75, 3.05) is 0 Å². The minimum absolute atomic E-state index is 0. The second-order valence-corrected chi connectivity index (χ2v) is 14.6.